The smallest absolute Gasteiger partial charge is 0.254 e. The molecule has 0 radical (unpaired) electrons. The first kappa shape index (κ1) is 12.9. The first-order chi connectivity index (χ1) is 10.0. The lowest BCUT2D eigenvalue weighted by molar-refractivity contribution is -0.159. The summed E-state index contributed by atoms with van der Waals surface area (Å²) in [6, 6.07) is 0. The molecule has 0 aromatic rings. The van der Waals surface area contributed by atoms with Crippen molar-refractivity contribution in [1.29, 1.82) is 0 Å². The van der Waals surface area contributed by atoms with E-state index in [1.807, 2.05) is 0 Å². The molecule has 5 rings (SSSR count). The van der Waals surface area contributed by atoms with Gasteiger partial charge in [0.2, 0.25) is 5.91 Å². The number of imide groups is 1. The predicted molar refractivity (Wildman–Crippen MR) is 71.5 cm³/mol. The Morgan fingerprint density at radius 3 is 1.95 bits per heavy atom. The quantitative estimate of drug-likeness (QED) is 0.584. The van der Waals surface area contributed by atoms with Gasteiger partial charge in [-0.05, 0) is 0 Å². The molecule has 5 aliphatic heterocycles. The van der Waals surface area contributed by atoms with Crippen LogP contribution < -0.4 is 5.32 Å². The van der Waals surface area contributed by atoms with Gasteiger partial charge in [0.05, 0.1) is 25.5 Å². The van der Waals surface area contributed by atoms with Crippen molar-refractivity contribution >= 4 is 17.7 Å². The highest BCUT2D eigenvalue weighted by molar-refractivity contribution is 6.14. The molecular weight excluding hydrogens is 274 g/mol. The minimum atomic E-state index is -0.420. The Balaban J connectivity index is 1.43. The van der Waals surface area contributed by atoms with E-state index < -0.39 is 11.8 Å². The molecule has 4 fully saturated rings. The second kappa shape index (κ2) is 4.36. The third-order valence-corrected chi connectivity index (χ3v) is 4.39. The molecule has 0 aliphatic carbocycles. The van der Waals surface area contributed by atoms with Crippen molar-refractivity contribution < 1.29 is 14.4 Å². The summed E-state index contributed by atoms with van der Waals surface area (Å²) in [5.41, 5.74) is -0.287. The molecule has 8 nitrogen and oxygen atoms in total. The zero-order valence-corrected chi connectivity index (χ0v) is 11.6. The largest absolute Gasteiger partial charge is 0.345 e. The van der Waals surface area contributed by atoms with Crippen LogP contribution in [0, 0.1) is 0 Å². The fourth-order valence-electron chi connectivity index (χ4n) is 3.90. The second-order valence-corrected chi connectivity index (χ2v) is 6.34. The Labute approximate surface area is 121 Å². The molecule has 4 bridgehead atoms. The van der Waals surface area contributed by atoms with E-state index in [-0.39, 0.29) is 18.0 Å². The van der Waals surface area contributed by atoms with Gasteiger partial charge < -0.3 is 5.32 Å². The Bertz CT molecular complexity index is 505. The van der Waals surface area contributed by atoms with Crippen LogP contribution in [0.25, 0.3) is 0 Å². The first-order valence-corrected chi connectivity index (χ1v) is 7.05. The van der Waals surface area contributed by atoms with E-state index in [1.165, 1.54) is 12.2 Å². The summed E-state index contributed by atoms with van der Waals surface area (Å²) < 4.78 is 0. The molecule has 1 N–H and O–H groups in total. The molecule has 5 heterocycles. The summed E-state index contributed by atoms with van der Waals surface area (Å²) in [6.07, 6.45) is 2.40. The standard InChI is InChI=1S/C13H17N5O3/c19-10(3-18-11(20)1-2-12(18)21)14-13-4-15-7-16(5-13)9-17(6-13)8-15/h1-2H,3-9H2,(H,14,19). The molecule has 21 heavy (non-hydrogen) atoms. The van der Waals surface area contributed by atoms with Gasteiger partial charge in [-0.1, -0.05) is 0 Å². The van der Waals surface area contributed by atoms with Gasteiger partial charge in [-0.25, -0.2) is 0 Å². The van der Waals surface area contributed by atoms with Gasteiger partial charge in [-0.3, -0.25) is 34.0 Å². The van der Waals surface area contributed by atoms with Crippen LogP contribution in [0.3, 0.4) is 0 Å². The van der Waals surface area contributed by atoms with Crippen LogP contribution >= 0.6 is 0 Å². The zero-order chi connectivity index (χ0) is 14.6. The zero-order valence-electron chi connectivity index (χ0n) is 11.6. The van der Waals surface area contributed by atoms with E-state index in [4.69, 9.17) is 0 Å². The molecule has 0 aromatic heterocycles. The maximum absolute atomic E-state index is 12.2. The van der Waals surface area contributed by atoms with Crippen LogP contribution in [0.5, 0.6) is 0 Å². The van der Waals surface area contributed by atoms with Gasteiger partial charge in [0.25, 0.3) is 11.8 Å². The highest BCUT2D eigenvalue weighted by Crippen LogP contribution is 2.28. The number of nitrogens with zero attached hydrogens (tertiary/aromatic N) is 4. The van der Waals surface area contributed by atoms with Crippen molar-refractivity contribution in [3.8, 4) is 0 Å². The SMILES string of the molecule is O=C(CN1C(=O)C=CC1=O)NC12CN3CN(CN(C3)C1)C2. The van der Waals surface area contributed by atoms with E-state index in [0.717, 1.165) is 44.5 Å². The highest BCUT2D eigenvalue weighted by atomic mass is 16.2. The molecule has 0 aromatic carbocycles. The van der Waals surface area contributed by atoms with Gasteiger partial charge in [-0.15, -0.1) is 0 Å². The van der Waals surface area contributed by atoms with Crippen LogP contribution in [0.1, 0.15) is 0 Å². The average Bonchev–Trinajstić information content (AvgIpc) is 2.68. The molecule has 112 valence electrons. The Morgan fingerprint density at radius 1 is 1.00 bits per heavy atom. The number of amides is 3. The van der Waals surface area contributed by atoms with Crippen molar-refractivity contribution in [2.75, 3.05) is 46.2 Å². The fraction of sp³-hybridized carbons (Fsp3) is 0.615. The third-order valence-electron chi connectivity index (χ3n) is 4.39. The van der Waals surface area contributed by atoms with Crippen molar-refractivity contribution in [2.45, 2.75) is 5.54 Å². The maximum Gasteiger partial charge on any atom is 0.254 e. The Kier molecular flexibility index (Phi) is 2.69. The normalized spacial score (nSPS) is 40.2. The van der Waals surface area contributed by atoms with Gasteiger partial charge in [0.1, 0.15) is 6.54 Å². The molecule has 4 saturated heterocycles. The van der Waals surface area contributed by atoms with Crippen LogP contribution in [0.15, 0.2) is 12.2 Å². The fourth-order valence-corrected chi connectivity index (χ4v) is 3.90. The minimum absolute atomic E-state index is 0.202. The molecule has 0 atom stereocenters. The molecule has 0 saturated carbocycles. The van der Waals surface area contributed by atoms with Crippen LogP contribution in [0.2, 0.25) is 0 Å². The first-order valence-electron chi connectivity index (χ1n) is 7.05. The molecular formula is C13H17N5O3. The van der Waals surface area contributed by atoms with Gasteiger partial charge in [0, 0.05) is 31.8 Å². The summed E-state index contributed by atoms with van der Waals surface area (Å²) >= 11 is 0. The van der Waals surface area contributed by atoms with Crippen molar-refractivity contribution in [3.63, 3.8) is 0 Å². The van der Waals surface area contributed by atoms with Crippen molar-refractivity contribution in [2.24, 2.45) is 0 Å². The van der Waals surface area contributed by atoms with E-state index in [0.29, 0.717) is 0 Å². The van der Waals surface area contributed by atoms with Gasteiger partial charge in [0.15, 0.2) is 0 Å². The van der Waals surface area contributed by atoms with E-state index in [1.54, 1.807) is 0 Å². The van der Waals surface area contributed by atoms with Crippen LogP contribution in [-0.2, 0) is 14.4 Å². The molecule has 0 spiro atoms. The topological polar surface area (TPSA) is 76.2 Å². The summed E-state index contributed by atoms with van der Waals surface area (Å²) in [7, 11) is 0. The second-order valence-electron chi connectivity index (χ2n) is 6.34. The van der Waals surface area contributed by atoms with Gasteiger partial charge in [-0.2, -0.15) is 0 Å². The molecule has 5 aliphatic rings. The Morgan fingerprint density at radius 2 is 1.48 bits per heavy atom. The average molecular weight is 291 g/mol. The third kappa shape index (κ3) is 2.15. The van der Waals surface area contributed by atoms with E-state index >= 15 is 0 Å². The summed E-state index contributed by atoms with van der Waals surface area (Å²) in [4.78, 5) is 43.1. The summed E-state index contributed by atoms with van der Waals surface area (Å²) in [5, 5.41) is 3.05. The molecule has 3 amide bonds. The minimum Gasteiger partial charge on any atom is -0.345 e. The van der Waals surface area contributed by atoms with Crippen molar-refractivity contribution in [1.82, 2.24) is 24.9 Å². The number of carbonyl (C=O) groups excluding carboxylic acids is 3. The van der Waals surface area contributed by atoms with E-state index in [2.05, 4.69) is 20.0 Å². The number of nitrogens with one attached hydrogen (secondary N) is 1. The highest BCUT2D eigenvalue weighted by Gasteiger charge is 2.49. The van der Waals surface area contributed by atoms with Gasteiger partial charge >= 0.3 is 0 Å². The summed E-state index contributed by atoms with van der Waals surface area (Å²) in [6.45, 7) is 5.11. The molecule has 8 heteroatoms. The lowest BCUT2D eigenvalue weighted by Crippen LogP contribution is -2.80. The number of hydrogen-bond acceptors (Lipinski definition) is 6. The summed E-state index contributed by atoms with van der Waals surface area (Å²) in [5.74, 6) is -1.11. The lowest BCUT2D eigenvalue weighted by Gasteiger charge is -2.60. The number of carbonyl (C=O) groups is 3. The number of hydrogen-bond donors (Lipinski definition) is 1. The molecule has 0 unspecified atom stereocenters. The monoisotopic (exact) mass is 291 g/mol. The van der Waals surface area contributed by atoms with Crippen molar-refractivity contribution in [3.05, 3.63) is 12.2 Å². The predicted octanol–water partition coefficient (Wildman–Crippen LogP) is -2.41. The number of rotatable bonds is 3. The maximum atomic E-state index is 12.2. The Hall–Kier alpha value is -1.77. The lowest BCUT2D eigenvalue weighted by atomic mass is 9.91. The van der Waals surface area contributed by atoms with Crippen LogP contribution in [-0.4, -0.2) is 89.0 Å². The van der Waals surface area contributed by atoms with E-state index in [9.17, 15) is 14.4 Å². The van der Waals surface area contributed by atoms with Crippen LogP contribution in [0.4, 0.5) is 0 Å².